The molecule has 0 fully saturated rings. The smallest absolute Gasteiger partial charge is 1.00 e. The van der Waals surface area contributed by atoms with Gasteiger partial charge in [0.25, 0.3) is 0 Å². The second-order valence-electron chi connectivity index (χ2n) is 17.9. The molecule has 67 heavy (non-hydrogen) atoms. The minimum absolute atomic E-state index is 0. The summed E-state index contributed by atoms with van der Waals surface area (Å²) in [4.78, 5) is 0. The SMILES string of the molecule is Cc1cc(C)cc(P(c2cc(C)cc(C)c2)c2cccc(C)c2-c2c(C)cccc2P(c2cc(C)cc(C)c2)c2cc(C)cc(C)c2)c1.NC(c1ccccc1)C(N)c1ccccc1.[Cl-].[Cl-].[Ru+2]. The predicted octanol–water partition coefficient (Wildman–Crippen LogP) is 6.35. The van der Waals surface area contributed by atoms with Crippen molar-refractivity contribution >= 4 is 47.7 Å². The van der Waals surface area contributed by atoms with Crippen molar-refractivity contribution in [3.63, 3.8) is 0 Å². The molecule has 0 heterocycles. The van der Waals surface area contributed by atoms with Crippen LogP contribution in [0.15, 0.2) is 170 Å². The normalized spacial score (nSPS) is 11.7. The van der Waals surface area contributed by atoms with Crippen LogP contribution in [-0.4, -0.2) is 0 Å². The third kappa shape index (κ3) is 13.5. The maximum absolute atomic E-state index is 6.15. The summed E-state index contributed by atoms with van der Waals surface area (Å²) in [5.41, 5.74) is 30.5. The van der Waals surface area contributed by atoms with E-state index in [1.807, 2.05) is 60.7 Å². The summed E-state index contributed by atoms with van der Waals surface area (Å²) in [6, 6.07) is 62.3. The molecule has 0 radical (unpaired) electrons. The van der Waals surface area contributed by atoms with E-state index in [0.717, 1.165) is 11.1 Å². The second-order valence-corrected chi connectivity index (χ2v) is 22.2. The van der Waals surface area contributed by atoms with E-state index in [9.17, 15) is 0 Å². The van der Waals surface area contributed by atoms with Crippen LogP contribution in [0.25, 0.3) is 11.1 Å². The summed E-state index contributed by atoms with van der Waals surface area (Å²) in [5.74, 6) is 0. The van der Waals surface area contributed by atoms with Gasteiger partial charge in [-0.05, 0) is 150 Å². The molecule has 2 nitrogen and oxygen atoms in total. The van der Waals surface area contributed by atoms with Gasteiger partial charge in [-0.25, -0.2) is 0 Å². The van der Waals surface area contributed by atoms with Gasteiger partial charge < -0.3 is 36.3 Å². The first-order valence-electron chi connectivity index (χ1n) is 22.4. The summed E-state index contributed by atoms with van der Waals surface area (Å²) in [5, 5.41) is 8.54. The van der Waals surface area contributed by atoms with Crippen LogP contribution < -0.4 is 68.1 Å². The summed E-state index contributed by atoms with van der Waals surface area (Å²) < 4.78 is 0. The van der Waals surface area contributed by atoms with Crippen molar-refractivity contribution in [2.75, 3.05) is 0 Å². The van der Waals surface area contributed by atoms with Gasteiger partial charge in [0, 0.05) is 12.1 Å². The Balaban J connectivity index is 0.000000437. The zero-order chi connectivity index (χ0) is 45.7. The molecule has 8 aromatic rings. The molecule has 7 heteroatoms. The molecule has 0 spiro atoms. The van der Waals surface area contributed by atoms with Crippen LogP contribution in [0.1, 0.15) is 78.8 Å². The third-order valence-corrected chi connectivity index (χ3v) is 16.7. The molecule has 0 aliphatic rings. The van der Waals surface area contributed by atoms with Gasteiger partial charge in [-0.2, -0.15) is 0 Å². The van der Waals surface area contributed by atoms with Crippen molar-refractivity contribution in [2.24, 2.45) is 11.5 Å². The predicted molar refractivity (Wildman–Crippen MR) is 283 cm³/mol. The number of hydrogen-bond acceptors (Lipinski definition) is 2. The van der Waals surface area contributed by atoms with Gasteiger partial charge in [0.05, 0.1) is 0 Å². The first kappa shape index (κ1) is 55.3. The Hall–Kier alpha value is -4.26. The number of halogens is 2. The topological polar surface area (TPSA) is 52.0 Å². The summed E-state index contributed by atoms with van der Waals surface area (Å²) in [6.07, 6.45) is 0. The van der Waals surface area contributed by atoms with Crippen LogP contribution in [0.5, 0.6) is 0 Å². The van der Waals surface area contributed by atoms with Gasteiger partial charge >= 0.3 is 19.5 Å². The monoisotopic (exact) mass is 1050 g/mol. The van der Waals surface area contributed by atoms with Crippen molar-refractivity contribution in [1.29, 1.82) is 0 Å². The van der Waals surface area contributed by atoms with Crippen LogP contribution in [0.3, 0.4) is 0 Å². The van der Waals surface area contributed by atoms with E-state index in [2.05, 4.69) is 178 Å². The Kier molecular flexibility index (Phi) is 20.5. The molecule has 0 aliphatic carbocycles. The van der Waals surface area contributed by atoms with E-state index >= 15 is 0 Å². The fraction of sp³-hybridized carbons (Fsp3) is 0.200. The average Bonchev–Trinajstić information content (AvgIpc) is 3.23. The minimum Gasteiger partial charge on any atom is -1.00 e. The van der Waals surface area contributed by atoms with Crippen LogP contribution >= 0.6 is 15.8 Å². The molecule has 0 aromatic heterocycles. The number of rotatable bonds is 10. The van der Waals surface area contributed by atoms with E-state index in [4.69, 9.17) is 11.5 Å². The van der Waals surface area contributed by atoms with E-state index in [-0.39, 0.29) is 56.4 Å². The summed E-state index contributed by atoms with van der Waals surface area (Å²) in [7, 11) is -1.67. The van der Waals surface area contributed by atoms with Crippen molar-refractivity contribution in [2.45, 2.75) is 81.3 Å². The molecule has 0 aliphatic heterocycles. The first-order valence-corrected chi connectivity index (χ1v) is 25.1. The zero-order valence-corrected chi connectivity index (χ0v) is 45.5. The third-order valence-electron chi connectivity index (χ3n) is 11.8. The molecule has 0 bridgehead atoms. The molecular formula is C60H64Cl2N2P2Ru. The molecule has 0 amide bonds. The maximum Gasteiger partial charge on any atom is 2.00 e. The number of nitrogens with two attached hydrogens (primary N) is 2. The molecule has 2 atom stereocenters. The number of benzene rings is 8. The van der Waals surface area contributed by atoms with Crippen LogP contribution in [0.4, 0.5) is 0 Å². The number of hydrogen-bond donors (Lipinski definition) is 2. The molecular weight excluding hydrogens is 983 g/mol. The van der Waals surface area contributed by atoms with Gasteiger partial charge in [-0.1, -0.05) is 214 Å². The van der Waals surface area contributed by atoms with E-state index < -0.39 is 15.8 Å². The van der Waals surface area contributed by atoms with Crippen molar-refractivity contribution in [1.82, 2.24) is 0 Å². The van der Waals surface area contributed by atoms with E-state index in [1.165, 1.54) is 98.6 Å². The van der Waals surface area contributed by atoms with Gasteiger partial charge in [-0.15, -0.1) is 0 Å². The fourth-order valence-corrected chi connectivity index (χ4v) is 15.1. The molecule has 0 saturated carbocycles. The standard InChI is InChI=1S/C46H48P2.C14H16N2.2ClH.Ru/c1-29-17-30(2)22-39(21-29)47(40-23-31(3)18-32(4)24-40)43-15-11-13-37(9)45(43)46-38(10)14-12-16-44(46)48(41-25-33(5)19-34(6)26-41)42-27-35(7)20-36(8)28-42;15-13(11-7-3-1-4-8-11)14(16)12-9-5-2-6-10-12;;;/h11-28H,1-10H3;1-10,13-14H,15-16H2;2*1H;/q;;;;+2/p-2. The fourth-order valence-electron chi connectivity index (χ4n) is 9.27. The molecule has 4 N–H and O–H groups in total. The van der Waals surface area contributed by atoms with Gasteiger partial charge in [0.2, 0.25) is 0 Å². The number of aryl methyl sites for hydroxylation is 10. The molecule has 0 saturated heterocycles. The maximum atomic E-state index is 6.15. The first-order chi connectivity index (χ1) is 30.7. The molecule has 8 rings (SSSR count). The quantitative estimate of drug-likeness (QED) is 0.124. The largest absolute Gasteiger partial charge is 2.00 e. The van der Waals surface area contributed by atoms with Crippen LogP contribution in [0.2, 0.25) is 0 Å². The Morgan fingerprint density at radius 2 is 0.552 bits per heavy atom. The summed E-state index contributed by atoms with van der Waals surface area (Å²) in [6.45, 7) is 22.6. The van der Waals surface area contributed by atoms with Gasteiger partial charge in [0.15, 0.2) is 0 Å². The second kappa shape index (κ2) is 24.9. The average molecular weight is 1050 g/mol. The van der Waals surface area contributed by atoms with Crippen LogP contribution in [0, 0.1) is 69.2 Å². The molecule has 8 aromatic carbocycles. The van der Waals surface area contributed by atoms with Gasteiger partial charge in [-0.3, -0.25) is 0 Å². The van der Waals surface area contributed by atoms with Crippen LogP contribution in [-0.2, 0) is 19.5 Å². The molecule has 2 unspecified atom stereocenters. The Morgan fingerprint density at radius 1 is 0.313 bits per heavy atom. The van der Waals surface area contributed by atoms with Crippen molar-refractivity contribution in [3.05, 3.63) is 237 Å². The Labute approximate surface area is 429 Å². The Morgan fingerprint density at radius 3 is 0.791 bits per heavy atom. The molecule has 346 valence electrons. The van der Waals surface area contributed by atoms with Crippen molar-refractivity contribution < 1.29 is 44.3 Å². The van der Waals surface area contributed by atoms with E-state index in [1.54, 1.807) is 0 Å². The minimum atomic E-state index is -0.837. The summed E-state index contributed by atoms with van der Waals surface area (Å²) >= 11 is 0. The van der Waals surface area contributed by atoms with E-state index in [0.29, 0.717) is 0 Å². The van der Waals surface area contributed by atoms with Crippen molar-refractivity contribution in [3.8, 4) is 11.1 Å². The Bertz CT molecular complexity index is 2520. The zero-order valence-electron chi connectivity index (χ0n) is 40.5. The van der Waals surface area contributed by atoms with Gasteiger partial charge in [0.1, 0.15) is 0 Å².